The lowest BCUT2D eigenvalue weighted by Crippen LogP contribution is -2.48. The molecule has 0 radical (unpaired) electrons. The van der Waals surface area contributed by atoms with E-state index in [1.807, 2.05) is 37.3 Å². The number of hydrogen-bond donors (Lipinski definition) is 2. The maximum Gasteiger partial charge on any atom is 0.426 e. The number of ether oxygens (including phenoxy) is 1. The van der Waals surface area contributed by atoms with E-state index in [2.05, 4.69) is 5.32 Å². The van der Waals surface area contributed by atoms with Gasteiger partial charge in [0.25, 0.3) is 0 Å². The molecule has 1 aliphatic rings. The lowest BCUT2D eigenvalue weighted by Gasteiger charge is -2.31. The molecule has 7 heteroatoms. The fourth-order valence-electron chi connectivity index (χ4n) is 2.78. The number of benzene rings is 1. The largest absolute Gasteiger partial charge is 0.426 e. The maximum atomic E-state index is 12.1. The summed E-state index contributed by atoms with van der Waals surface area (Å²) in [5, 5.41) is 14.3. The van der Waals surface area contributed by atoms with Crippen LogP contribution in [0.5, 0.6) is 0 Å². The molecule has 1 aromatic carbocycles. The van der Waals surface area contributed by atoms with E-state index in [0.29, 0.717) is 19.4 Å². The van der Waals surface area contributed by atoms with Gasteiger partial charge in [-0.15, -0.1) is 0 Å². The van der Waals surface area contributed by atoms with E-state index in [1.54, 1.807) is 13.8 Å². The van der Waals surface area contributed by atoms with Crippen LogP contribution >= 0.6 is 0 Å². The normalized spacial score (nSPS) is 23.8. The Hall–Kier alpha value is -1.96. The second kappa shape index (κ2) is 8.42. The van der Waals surface area contributed by atoms with Crippen molar-refractivity contribution in [3.05, 3.63) is 35.9 Å². The quantitative estimate of drug-likeness (QED) is 0.730. The third kappa shape index (κ3) is 5.26. The van der Waals surface area contributed by atoms with Gasteiger partial charge in [0.2, 0.25) is 0 Å². The number of rotatable bonds is 7. The molecule has 1 aromatic rings. The van der Waals surface area contributed by atoms with Crippen LogP contribution < -0.4 is 5.32 Å². The molecule has 1 fully saturated rings. The van der Waals surface area contributed by atoms with E-state index < -0.39 is 24.2 Å². The molecular weight excluding hydrogens is 324 g/mol. The van der Waals surface area contributed by atoms with Crippen LogP contribution in [0.1, 0.15) is 32.8 Å². The second-order valence-electron chi connectivity index (χ2n) is 6.81. The fourth-order valence-corrected chi connectivity index (χ4v) is 2.78. The molecule has 1 amide bonds. The number of hydroxylamine groups is 2. The zero-order valence-corrected chi connectivity index (χ0v) is 14.8. The highest BCUT2D eigenvalue weighted by Crippen LogP contribution is 2.33. The van der Waals surface area contributed by atoms with Gasteiger partial charge in [-0.1, -0.05) is 42.3 Å². The maximum absolute atomic E-state index is 12.1. The standard InChI is InChI=1S/C18H26N2O5/c1-13(9-10-21)12-19-17(23)25-20-15(16(22)24-18(20,2)3)11-14-7-5-4-6-8-14/h4-8,10,13,15-16,22H,9,11-12H2,1-3H3,(H,19,23). The number of carbonyl (C=O) groups is 2. The molecule has 2 rings (SSSR count). The lowest BCUT2D eigenvalue weighted by molar-refractivity contribution is -0.224. The summed E-state index contributed by atoms with van der Waals surface area (Å²) < 4.78 is 5.54. The summed E-state index contributed by atoms with van der Waals surface area (Å²) in [6.45, 7) is 5.64. The summed E-state index contributed by atoms with van der Waals surface area (Å²) >= 11 is 0. The third-order valence-corrected chi connectivity index (χ3v) is 4.13. The molecule has 0 aliphatic carbocycles. The van der Waals surface area contributed by atoms with Gasteiger partial charge in [-0.2, -0.15) is 0 Å². The highest BCUT2D eigenvalue weighted by atomic mass is 16.8. The van der Waals surface area contributed by atoms with E-state index in [4.69, 9.17) is 9.57 Å². The topological polar surface area (TPSA) is 88.1 Å². The minimum absolute atomic E-state index is 0.0265. The minimum Gasteiger partial charge on any atom is -0.366 e. The highest BCUT2D eigenvalue weighted by Gasteiger charge is 2.49. The van der Waals surface area contributed by atoms with E-state index in [9.17, 15) is 14.7 Å². The Morgan fingerprint density at radius 3 is 2.76 bits per heavy atom. The Kier molecular flexibility index (Phi) is 6.52. The second-order valence-corrected chi connectivity index (χ2v) is 6.81. The van der Waals surface area contributed by atoms with Gasteiger partial charge >= 0.3 is 6.09 Å². The average molecular weight is 350 g/mol. The summed E-state index contributed by atoms with van der Waals surface area (Å²) in [5.74, 6) is 0.0265. The van der Waals surface area contributed by atoms with Crippen LogP contribution in [-0.2, 0) is 20.8 Å². The van der Waals surface area contributed by atoms with Crippen molar-refractivity contribution in [1.82, 2.24) is 10.4 Å². The molecule has 138 valence electrons. The number of aliphatic hydroxyl groups excluding tert-OH is 1. The van der Waals surface area contributed by atoms with Crippen LogP contribution in [0, 0.1) is 5.92 Å². The molecule has 3 unspecified atom stereocenters. The van der Waals surface area contributed by atoms with Gasteiger partial charge in [-0.25, -0.2) is 4.79 Å². The average Bonchev–Trinajstić information content (AvgIpc) is 2.76. The summed E-state index contributed by atoms with van der Waals surface area (Å²) in [4.78, 5) is 28.0. The van der Waals surface area contributed by atoms with Crippen molar-refractivity contribution in [1.29, 1.82) is 0 Å². The predicted molar refractivity (Wildman–Crippen MR) is 91.3 cm³/mol. The van der Waals surface area contributed by atoms with Gasteiger partial charge in [0.1, 0.15) is 12.3 Å². The summed E-state index contributed by atoms with van der Waals surface area (Å²) in [5.41, 5.74) is 0.0476. The molecule has 1 saturated heterocycles. The SMILES string of the molecule is CC(CC=O)CNC(=O)ON1C(Cc2ccccc2)C(O)OC1(C)C. The number of aliphatic hydroxyl groups is 1. The number of nitrogens with zero attached hydrogens (tertiary/aromatic N) is 1. The van der Waals surface area contributed by atoms with Crippen LogP contribution in [0.3, 0.4) is 0 Å². The van der Waals surface area contributed by atoms with Gasteiger partial charge in [0.15, 0.2) is 12.0 Å². The van der Waals surface area contributed by atoms with Crippen molar-refractivity contribution in [3.8, 4) is 0 Å². The first-order valence-electron chi connectivity index (χ1n) is 8.42. The highest BCUT2D eigenvalue weighted by molar-refractivity contribution is 5.67. The molecule has 0 aromatic heterocycles. The van der Waals surface area contributed by atoms with Crippen molar-refractivity contribution < 1.29 is 24.3 Å². The molecule has 0 spiro atoms. The van der Waals surface area contributed by atoms with Crippen molar-refractivity contribution in [2.75, 3.05) is 6.54 Å². The molecule has 1 aliphatic heterocycles. The molecular formula is C18H26N2O5. The first-order chi connectivity index (χ1) is 11.8. The van der Waals surface area contributed by atoms with Gasteiger partial charge in [-0.05, 0) is 31.7 Å². The molecule has 25 heavy (non-hydrogen) atoms. The Morgan fingerprint density at radius 2 is 2.12 bits per heavy atom. The van der Waals surface area contributed by atoms with Crippen LogP contribution in [0.4, 0.5) is 4.79 Å². The number of aldehydes is 1. The number of amides is 1. The van der Waals surface area contributed by atoms with Crippen molar-refractivity contribution >= 4 is 12.4 Å². The van der Waals surface area contributed by atoms with Crippen molar-refractivity contribution in [2.45, 2.75) is 51.7 Å². The van der Waals surface area contributed by atoms with Crippen molar-refractivity contribution in [3.63, 3.8) is 0 Å². The first-order valence-corrected chi connectivity index (χ1v) is 8.42. The van der Waals surface area contributed by atoms with Crippen LogP contribution in [0.15, 0.2) is 30.3 Å². The smallest absolute Gasteiger partial charge is 0.366 e. The van der Waals surface area contributed by atoms with Crippen molar-refractivity contribution in [2.24, 2.45) is 5.92 Å². The Bertz CT molecular complexity index is 578. The molecule has 3 atom stereocenters. The number of hydrogen-bond acceptors (Lipinski definition) is 6. The first kappa shape index (κ1) is 19.4. The predicted octanol–water partition coefficient (Wildman–Crippen LogP) is 1.85. The summed E-state index contributed by atoms with van der Waals surface area (Å²) in [7, 11) is 0. The van der Waals surface area contributed by atoms with Crippen LogP contribution in [-0.4, -0.2) is 47.2 Å². The van der Waals surface area contributed by atoms with Crippen LogP contribution in [0.2, 0.25) is 0 Å². The Balaban J connectivity index is 2.01. The number of carbonyl (C=O) groups excluding carboxylic acids is 2. The van der Waals surface area contributed by atoms with E-state index in [-0.39, 0.29) is 5.92 Å². The summed E-state index contributed by atoms with van der Waals surface area (Å²) in [6, 6.07) is 9.10. The molecule has 7 nitrogen and oxygen atoms in total. The molecule has 2 N–H and O–H groups in total. The van der Waals surface area contributed by atoms with E-state index in [1.165, 1.54) is 5.06 Å². The van der Waals surface area contributed by atoms with Gasteiger partial charge in [0.05, 0.1) is 0 Å². The molecule has 0 saturated carbocycles. The minimum atomic E-state index is -1.07. The van der Waals surface area contributed by atoms with Gasteiger partial charge in [-0.3, -0.25) is 0 Å². The third-order valence-electron chi connectivity index (χ3n) is 4.13. The van der Waals surface area contributed by atoms with Crippen LogP contribution in [0.25, 0.3) is 0 Å². The zero-order chi connectivity index (χ0) is 18.4. The van der Waals surface area contributed by atoms with Gasteiger partial charge in [0, 0.05) is 13.0 Å². The van der Waals surface area contributed by atoms with E-state index in [0.717, 1.165) is 11.8 Å². The fraction of sp³-hybridized carbons (Fsp3) is 0.556. The van der Waals surface area contributed by atoms with E-state index >= 15 is 0 Å². The molecule has 0 bridgehead atoms. The van der Waals surface area contributed by atoms with Gasteiger partial charge < -0.3 is 24.8 Å². The lowest BCUT2D eigenvalue weighted by atomic mass is 10.1. The zero-order valence-electron chi connectivity index (χ0n) is 14.8. The number of nitrogens with one attached hydrogen (secondary N) is 1. The Morgan fingerprint density at radius 1 is 1.44 bits per heavy atom. The monoisotopic (exact) mass is 350 g/mol. The Labute approximate surface area is 147 Å². The summed E-state index contributed by atoms with van der Waals surface area (Å²) in [6.07, 6.45) is -0.0474. The molecule has 1 heterocycles.